The summed E-state index contributed by atoms with van der Waals surface area (Å²) in [5, 5.41) is 3.65. The molecule has 106 valence electrons. The van der Waals surface area contributed by atoms with E-state index in [4.69, 9.17) is 0 Å². The van der Waals surface area contributed by atoms with Gasteiger partial charge in [-0.05, 0) is 77.4 Å². The van der Waals surface area contributed by atoms with Crippen LogP contribution >= 0.6 is 38.5 Å². The van der Waals surface area contributed by atoms with Crippen LogP contribution in [0.5, 0.6) is 0 Å². The first-order valence-corrected chi connectivity index (χ1v) is 8.79. The first-order chi connectivity index (χ1) is 9.69. The van der Waals surface area contributed by atoms with Gasteiger partial charge in [0, 0.05) is 14.1 Å². The average Bonchev–Trinajstić information content (AvgIpc) is 2.46. The van der Waals surface area contributed by atoms with Gasteiger partial charge in [-0.15, -0.1) is 0 Å². The van der Waals surface area contributed by atoms with Gasteiger partial charge in [0.15, 0.2) is 0 Å². The van der Waals surface area contributed by atoms with Gasteiger partial charge in [-0.25, -0.2) is 0 Å². The van der Waals surface area contributed by atoms with E-state index >= 15 is 0 Å². The van der Waals surface area contributed by atoms with E-state index in [2.05, 4.69) is 99.3 Å². The molecule has 0 heterocycles. The molecule has 0 spiro atoms. The van der Waals surface area contributed by atoms with E-state index in [1.165, 1.54) is 14.7 Å². The van der Waals surface area contributed by atoms with Crippen LogP contribution < -0.4 is 5.32 Å². The molecule has 1 N–H and O–H groups in total. The van der Waals surface area contributed by atoms with Crippen LogP contribution in [0.4, 0.5) is 0 Å². The highest BCUT2D eigenvalue weighted by Gasteiger charge is 2.11. The van der Waals surface area contributed by atoms with E-state index in [1.54, 1.807) is 0 Å². The van der Waals surface area contributed by atoms with E-state index in [-0.39, 0.29) is 0 Å². The third-order valence-electron chi connectivity index (χ3n) is 3.27. The fraction of sp³-hybridized carbons (Fsp3) is 0.294. The molecular formula is C17H19BrIN. The Kier molecular flexibility index (Phi) is 6.52. The molecule has 3 heteroatoms. The summed E-state index contributed by atoms with van der Waals surface area (Å²) in [6.45, 7) is 3.25. The van der Waals surface area contributed by atoms with Gasteiger partial charge in [0.05, 0.1) is 0 Å². The molecule has 0 bridgehead atoms. The van der Waals surface area contributed by atoms with Crippen molar-refractivity contribution in [2.45, 2.75) is 25.8 Å². The molecule has 1 nitrogen and oxygen atoms in total. The fourth-order valence-electron chi connectivity index (χ4n) is 2.18. The van der Waals surface area contributed by atoms with Crippen LogP contribution in [0.1, 0.15) is 30.5 Å². The Labute approximate surface area is 143 Å². The molecule has 1 atom stereocenters. The number of hydrogen-bond donors (Lipinski definition) is 1. The molecule has 0 aliphatic carbocycles. The third-order valence-corrected chi connectivity index (χ3v) is 4.51. The van der Waals surface area contributed by atoms with Crippen molar-refractivity contribution in [2.24, 2.45) is 0 Å². The highest BCUT2D eigenvalue weighted by molar-refractivity contribution is 14.1. The van der Waals surface area contributed by atoms with Crippen LogP contribution in [0.3, 0.4) is 0 Å². The molecule has 0 amide bonds. The first kappa shape index (κ1) is 16.0. The van der Waals surface area contributed by atoms with Gasteiger partial charge < -0.3 is 5.32 Å². The van der Waals surface area contributed by atoms with Gasteiger partial charge in [0.25, 0.3) is 0 Å². The van der Waals surface area contributed by atoms with Crippen LogP contribution in [0, 0.1) is 3.57 Å². The lowest BCUT2D eigenvalue weighted by Crippen LogP contribution is -2.24. The Morgan fingerprint density at radius 1 is 1.05 bits per heavy atom. The lowest BCUT2D eigenvalue weighted by Gasteiger charge is -2.19. The summed E-state index contributed by atoms with van der Waals surface area (Å²) in [7, 11) is 0. The van der Waals surface area contributed by atoms with E-state index in [0.717, 1.165) is 23.9 Å². The largest absolute Gasteiger partial charge is 0.310 e. The Morgan fingerprint density at radius 3 is 2.30 bits per heavy atom. The molecule has 2 aromatic carbocycles. The van der Waals surface area contributed by atoms with Crippen molar-refractivity contribution >= 4 is 38.5 Å². The van der Waals surface area contributed by atoms with Crippen molar-refractivity contribution in [1.29, 1.82) is 0 Å². The number of rotatable bonds is 6. The van der Waals surface area contributed by atoms with Gasteiger partial charge >= 0.3 is 0 Å². The second kappa shape index (κ2) is 8.15. The van der Waals surface area contributed by atoms with Crippen LogP contribution in [0.15, 0.2) is 53.0 Å². The number of hydrogen-bond acceptors (Lipinski definition) is 1. The van der Waals surface area contributed by atoms with Crippen LogP contribution in [0.25, 0.3) is 0 Å². The summed E-state index contributed by atoms with van der Waals surface area (Å²) in [5.41, 5.74) is 2.72. The first-order valence-electron chi connectivity index (χ1n) is 6.92. The Balaban J connectivity index is 2.14. The molecule has 0 radical (unpaired) electrons. The number of nitrogens with one attached hydrogen (secondary N) is 1. The lowest BCUT2D eigenvalue weighted by molar-refractivity contribution is 0.529. The maximum absolute atomic E-state index is 3.65. The van der Waals surface area contributed by atoms with Crippen molar-refractivity contribution < 1.29 is 0 Å². The second-order valence-electron chi connectivity index (χ2n) is 4.89. The predicted octanol–water partition coefficient (Wildman–Crippen LogP) is 5.34. The molecule has 0 aliphatic rings. The van der Waals surface area contributed by atoms with Crippen molar-refractivity contribution in [3.8, 4) is 0 Å². The molecule has 0 saturated carbocycles. The monoisotopic (exact) mass is 443 g/mol. The summed E-state index contributed by atoms with van der Waals surface area (Å²) >= 11 is 5.85. The average molecular weight is 444 g/mol. The molecule has 0 aliphatic heterocycles. The molecule has 1 unspecified atom stereocenters. The maximum atomic E-state index is 3.65. The summed E-state index contributed by atoms with van der Waals surface area (Å²) in [6, 6.07) is 17.8. The molecule has 0 saturated heterocycles. The van der Waals surface area contributed by atoms with E-state index in [0.29, 0.717) is 6.04 Å². The number of benzene rings is 2. The summed E-state index contributed by atoms with van der Waals surface area (Å²) in [5.74, 6) is 0. The zero-order valence-electron chi connectivity index (χ0n) is 11.6. The summed E-state index contributed by atoms with van der Waals surface area (Å²) in [6.07, 6.45) is 2.18. The molecular weight excluding hydrogens is 425 g/mol. The minimum Gasteiger partial charge on any atom is -0.310 e. The fourth-order valence-corrected chi connectivity index (χ4v) is 2.80. The number of halogens is 2. The van der Waals surface area contributed by atoms with Gasteiger partial charge in [-0.3, -0.25) is 0 Å². The second-order valence-corrected chi connectivity index (χ2v) is 7.05. The van der Waals surface area contributed by atoms with Crippen molar-refractivity contribution in [3.05, 3.63) is 67.7 Å². The lowest BCUT2D eigenvalue weighted by atomic mass is 9.99. The Hall–Kier alpha value is -0.390. The summed E-state index contributed by atoms with van der Waals surface area (Å²) < 4.78 is 2.41. The van der Waals surface area contributed by atoms with E-state index in [1.807, 2.05) is 0 Å². The Morgan fingerprint density at radius 2 is 1.70 bits per heavy atom. The van der Waals surface area contributed by atoms with Crippen LogP contribution in [0.2, 0.25) is 0 Å². The van der Waals surface area contributed by atoms with Crippen molar-refractivity contribution in [3.63, 3.8) is 0 Å². The quantitative estimate of drug-likeness (QED) is 0.594. The maximum Gasteiger partial charge on any atom is 0.0360 e. The molecule has 2 rings (SSSR count). The minimum atomic E-state index is 0.378. The Bertz CT molecular complexity index is 522. The van der Waals surface area contributed by atoms with Crippen molar-refractivity contribution in [2.75, 3.05) is 6.54 Å². The zero-order valence-corrected chi connectivity index (χ0v) is 15.3. The molecule has 0 fully saturated rings. The topological polar surface area (TPSA) is 12.0 Å². The smallest absolute Gasteiger partial charge is 0.0360 e. The molecule has 0 aromatic heterocycles. The van der Waals surface area contributed by atoms with Crippen molar-refractivity contribution in [1.82, 2.24) is 5.32 Å². The minimum absolute atomic E-state index is 0.378. The molecule has 2 aromatic rings. The van der Waals surface area contributed by atoms with E-state index in [9.17, 15) is 0 Å². The van der Waals surface area contributed by atoms with Gasteiger partial charge in [0.2, 0.25) is 0 Å². The highest BCUT2D eigenvalue weighted by atomic mass is 127. The van der Waals surface area contributed by atoms with Crippen LogP contribution in [-0.2, 0) is 6.42 Å². The van der Waals surface area contributed by atoms with Gasteiger partial charge in [-0.1, -0.05) is 47.1 Å². The zero-order chi connectivity index (χ0) is 14.4. The predicted molar refractivity (Wildman–Crippen MR) is 98.0 cm³/mol. The third kappa shape index (κ3) is 4.86. The normalized spacial score (nSPS) is 12.3. The highest BCUT2D eigenvalue weighted by Crippen LogP contribution is 2.21. The summed E-state index contributed by atoms with van der Waals surface area (Å²) in [4.78, 5) is 0. The SMILES string of the molecule is CCCNC(Cc1ccc(I)cc1)c1ccc(Br)cc1. The van der Waals surface area contributed by atoms with Gasteiger partial charge in [0.1, 0.15) is 0 Å². The van der Waals surface area contributed by atoms with Gasteiger partial charge in [-0.2, -0.15) is 0 Å². The standard InChI is InChI=1S/C17H19BrIN/c1-2-11-20-17(14-5-7-15(18)8-6-14)12-13-3-9-16(19)10-4-13/h3-10,17,20H,2,11-12H2,1H3. The van der Waals surface area contributed by atoms with Crippen LogP contribution in [-0.4, -0.2) is 6.54 Å². The van der Waals surface area contributed by atoms with E-state index < -0.39 is 0 Å². The molecule has 20 heavy (non-hydrogen) atoms.